The number of fused-ring (bicyclic) bond motifs is 2. The van der Waals surface area contributed by atoms with Crippen molar-refractivity contribution in [3.8, 4) is 0 Å². The van der Waals surface area contributed by atoms with Crippen LogP contribution in [0.2, 0.25) is 0 Å². The highest BCUT2D eigenvalue weighted by Crippen LogP contribution is 2.15. The van der Waals surface area contributed by atoms with Gasteiger partial charge in [0.2, 0.25) is 5.91 Å². The molecule has 0 bridgehead atoms. The Morgan fingerprint density at radius 1 is 1.36 bits per heavy atom. The average molecular weight is 341 g/mol. The molecule has 1 unspecified atom stereocenters. The fourth-order valence-corrected chi connectivity index (χ4v) is 3.32. The van der Waals surface area contributed by atoms with Gasteiger partial charge in [0, 0.05) is 32.0 Å². The van der Waals surface area contributed by atoms with Gasteiger partial charge in [-0.15, -0.1) is 10.2 Å². The lowest BCUT2D eigenvalue weighted by molar-refractivity contribution is -0.122. The molecule has 130 valence electrons. The standard InChI is InChI=1S/C17H19N5O3/c1-11-19-20-15-7-6-12(10-22(11)15)18-16(23)8-9-21-13-4-2-3-5-14(13)25-17(21)24/h2-5,12H,6-10H2,1H3,(H,18,23). The first kappa shape index (κ1) is 15.6. The second-order valence-electron chi connectivity index (χ2n) is 6.31. The van der Waals surface area contributed by atoms with Gasteiger partial charge in [-0.2, -0.15) is 0 Å². The Bertz CT molecular complexity index is 984. The van der Waals surface area contributed by atoms with Crippen LogP contribution in [0.3, 0.4) is 0 Å². The molecule has 8 nitrogen and oxygen atoms in total. The summed E-state index contributed by atoms with van der Waals surface area (Å²) < 4.78 is 8.73. The minimum absolute atomic E-state index is 0.0625. The lowest BCUT2D eigenvalue weighted by Gasteiger charge is -2.24. The van der Waals surface area contributed by atoms with Gasteiger partial charge in [-0.25, -0.2) is 4.79 Å². The van der Waals surface area contributed by atoms with E-state index in [1.54, 1.807) is 6.07 Å². The molecular formula is C17H19N5O3. The van der Waals surface area contributed by atoms with Crippen LogP contribution in [0.5, 0.6) is 0 Å². The number of carbonyl (C=O) groups is 1. The van der Waals surface area contributed by atoms with Crippen molar-refractivity contribution in [3.05, 3.63) is 46.5 Å². The minimum Gasteiger partial charge on any atom is -0.408 e. The lowest BCUT2D eigenvalue weighted by atomic mass is 10.1. The van der Waals surface area contributed by atoms with E-state index in [2.05, 4.69) is 15.5 Å². The molecule has 4 rings (SSSR count). The van der Waals surface area contributed by atoms with Gasteiger partial charge in [0.05, 0.1) is 5.52 Å². The number of amides is 1. The number of hydrogen-bond donors (Lipinski definition) is 1. The number of nitrogens with one attached hydrogen (secondary N) is 1. The topological polar surface area (TPSA) is 95.0 Å². The summed E-state index contributed by atoms with van der Waals surface area (Å²) in [7, 11) is 0. The van der Waals surface area contributed by atoms with Crippen molar-refractivity contribution in [3.63, 3.8) is 0 Å². The number of oxazole rings is 1. The number of hydrogen-bond acceptors (Lipinski definition) is 5. The van der Waals surface area contributed by atoms with Gasteiger partial charge in [-0.3, -0.25) is 9.36 Å². The largest absolute Gasteiger partial charge is 0.419 e. The minimum atomic E-state index is -0.434. The number of rotatable bonds is 4. The Kier molecular flexibility index (Phi) is 3.87. The average Bonchev–Trinajstić information content (AvgIpc) is 3.13. The van der Waals surface area contributed by atoms with Gasteiger partial charge in [-0.1, -0.05) is 12.1 Å². The van der Waals surface area contributed by atoms with Crippen LogP contribution < -0.4 is 11.1 Å². The fourth-order valence-electron chi connectivity index (χ4n) is 3.32. The molecule has 0 radical (unpaired) electrons. The summed E-state index contributed by atoms with van der Waals surface area (Å²) in [6.45, 7) is 2.90. The molecule has 25 heavy (non-hydrogen) atoms. The smallest absolute Gasteiger partial charge is 0.408 e. The number of aryl methyl sites for hydroxylation is 3. The van der Waals surface area contributed by atoms with Crippen LogP contribution in [0.15, 0.2) is 33.5 Å². The molecule has 1 aliphatic rings. The molecule has 8 heteroatoms. The van der Waals surface area contributed by atoms with Gasteiger partial charge < -0.3 is 14.3 Å². The Morgan fingerprint density at radius 2 is 2.20 bits per heavy atom. The van der Waals surface area contributed by atoms with E-state index in [0.717, 1.165) is 24.5 Å². The van der Waals surface area contributed by atoms with Crippen LogP contribution in [0.1, 0.15) is 24.5 Å². The molecule has 0 aliphatic carbocycles. The van der Waals surface area contributed by atoms with Gasteiger partial charge >= 0.3 is 5.76 Å². The van der Waals surface area contributed by atoms with Crippen molar-refractivity contribution >= 4 is 17.0 Å². The number of aromatic nitrogens is 4. The van der Waals surface area contributed by atoms with Crippen molar-refractivity contribution in [1.82, 2.24) is 24.6 Å². The Hall–Kier alpha value is -2.90. The first-order valence-corrected chi connectivity index (χ1v) is 8.38. The van der Waals surface area contributed by atoms with Crippen LogP contribution in [0.4, 0.5) is 0 Å². The second-order valence-corrected chi connectivity index (χ2v) is 6.31. The third-order valence-electron chi connectivity index (χ3n) is 4.63. The summed E-state index contributed by atoms with van der Waals surface area (Å²) in [4.78, 5) is 24.2. The maximum atomic E-state index is 12.3. The highest BCUT2D eigenvalue weighted by Gasteiger charge is 2.22. The fraction of sp³-hybridized carbons (Fsp3) is 0.412. The molecule has 2 aromatic heterocycles. The second kappa shape index (κ2) is 6.19. The van der Waals surface area contributed by atoms with E-state index < -0.39 is 5.76 Å². The highest BCUT2D eigenvalue weighted by molar-refractivity contribution is 5.77. The normalized spacial score (nSPS) is 16.8. The van der Waals surface area contributed by atoms with Crippen molar-refractivity contribution in [2.24, 2.45) is 0 Å². The zero-order chi connectivity index (χ0) is 17.4. The molecule has 3 aromatic rings. The van der Waals surface area contributed by atoms with Crippen molar-refractivity contribution in [2.45, 2.75) is 45.3 Å². The van der Waals surface area contributed by atoms with Gasteiger partial charge in [0.15, 0.2) is 5.58 Å². The molecule has 1 amide bonds. The van der Waals surface area contributed by atoms with Crippen LogP contribution in [0, 0.1) is 6.92 Å². The molecule has 0 fully saturated rings. The third kappa shape index (κ3) is 2.95. The van der Waals surface area contributed by atoms with Crippen LogP contribution in [0.25, 0.3) is 11.1 Å². The van der Waals surface area contributed by atoms with Crippen molar-refractivity contribution < 1.29 is 9.21 Å². The Labute approximate surface area is 143 Å². The number of carbonyl (C=O) groups excluding carboxylic acids is 1. The Morgan fingerprint density at radius 3 is 3.08 bits per heavy atom. The summed E-state index contributed by atoms with van der Waals surface area (Å²) in [5, 5.41) is 11.2. The van der Waals surface area contributed by atoms with E-state index in [-0.39, 0.29) is 18.4 Å². The van der Waals surface area contributed by atoms with Gasteiger partial charge in [0.25, 0.3) is 0 Å². The summed E-state index contributed by atoms with van der Waals surface area (Å²) in [6, 6.07) is 7.28. The highest BCUT2D eigenvalue weighted by atomic mass is 16.4. The molecule has 1 aromatic carbocycles. The molecule has 0 saturated carbocycles. The van der Waals surface area contributed by atoms with Crippen LogP contribution in [-0.4, -0.2) is 31.3 Å². The lowest BCUT2D eigenvalue weighted by Crippen LogP contribution is -2.41. The number of benzene rings is 1. The van der Waals surface area contributed by atoms with Crippen LogP contribution >= 0.6 is 0 Å². The molecule has 0 saturated heterocycles. The van der Waals surface area contributed by atoms with E-state index >= 15 is 0 Å². The van der Waals surface area contributed by atoms with E-state index in [4.69, 9.17) is 4.42 Å². The SMILES string of the molecule is Cc1nnc2n1CC(NC(=O)CCn1c(=O)oc3ccccc31)CC2. The Balaban J connectivity index is 1.39. The molecule has 0 spiro atoms. The van der Waals surface area contributed by atoms with E-state index in [9.17, 15) is 9.59 Å². The predicted octanol–water partition coefficient (Wildman–Crippen LogP) is 1.02. The monoisotopic (exact) mass is 341 g/mol. The maximum Gasteiger partial charge on any atom is 0.419 e. The quantitative estimate of drug-likeness (QED) is 0.764. The third-order valence-corrected chi connectivity index (χ3v) is 4.63. The van der Waals surface area contributed by atoms with E-state index in [1.165, 1.54) is 4.57 Å². The molecule has 1 N–H and O–H groups in total. The maximum absolute atomic E-state index is 12.3. The molecule has 3 heterocycles. The number of para-hydroxylation sites is 2. The summed E-state index contributed by atoms with van der Waals surface area (Å²) in [5.74, 6) is 1.33. The zero-order valence-electron chi connectivity index (χ0n) is 13.9. The summed E-state index contributed by atoms with van der Waals surface area (Å²) >= 11 is 0. The zero-order valence-corrected chi connectivity index (χ0v) is 13.9. The first-order valence-electron chi connectivity index (χ1n) is 8.38. The predicted molar refractivity (Wildman–Crippen MR) is 90.1 cm³/mol. The van der Waals surface area contributed by atoms with E-state index in [1.807, 2.05) is 29.7 Å². The van der Waals surface area contributed by atoms with Crippen molar-refractivity contribution in [2.75, 3.05) is 0 Å². The van der Waals surface area contributed by atoms with Crippen LogP contribution in [-0.2, 0) is 24.3 Å². The first-order chi connectivity index (χ1) is 12.1. The van der Waals surface area contributed by atoms with Gasteiger partial charge in [-0.05, 0) is 25.5 Å². The van der Waals surface area contributed by atoms with Crippen molar-refractivity contribution in [1.29, 1.82) is 0 Å². The molecule has 1 aliphatic heterocycles. The van der Waals surface area contributed by atoms with Gasteiger partial charge in [0.1, 0.15) is 11.6 Å². The number of nitrogens with zero attached hydrogens (tertiary/aromatic N) is 4. The molecular weight excluding hydrogens is 322 g/mol. The van der Waals surface area contributed by atoms with E-state index in [0.29, 0.717) is 24.2 Å². The molecule has 1 atom stereocenters. The summed E-state index contributed by atoms with van der Waals surface area (Å²) in [5.41, 5.74) is 1.25. The summed E-state index contributed by atoms with van der Waals surface area (Å²) in [6.07, 6.45) is 1.88.